The van der Waals surface area contributed by atoms with Gasteiger partial charge in [-0.2, -0.15) is 0 Å². The van der Waals surface area contributed by atoms with Crippen molar-refractivity contribution >= 4 is 18.3 Å². The molecular weight excluding hydrogens is 240 g/mol. The van der Waals surface area contributed by atoms with Crippen molar-refractivity contribution in [2.75, 3.05) is 26.8 Å². The minimum atomic E-state index is 0. The fourth-order valence-corrected chi connectivity index (χ4v) is 2.11. The molecule has 0 spiro atoms. The Kier molecular flexibility index (Phi) is 7.05. The molecule has 2 N–H and O–H groups in total. The summed E-state index contributed by atoms with van der Waals surface area (Å²) in [5.41, 5.74) is 6.08. The lowest BCUT2D eigenvalue weighted by Crippen LogP contribution is -2.53. The molecule has 17 heavy (non-hydrogen) atoms. The fourth-order valence-electron chi connectivity index (χ4n) is 2.11. The summed E-state index contributed by atoms with van der Waals surface area (Å²) in [6.07, 6.45) is 2.29. The Labute approximate surface area is 110 Å². The van der Waals surface area contributed by atoms with Crippen molar-refractivity contribution in [2.24, 2.45) is 11.1 Å². The zero-order chi connectivity index (χ0) is 12.2. The highest BCUT2D eigenvalue weighted by molar-refractivity contribution is 5.85. The van der Waals surface area contributed by atoms with Crippen molar-refractivity contribution in [2.45, 2.75) is 39.2 Å². The van der Waals surface area contributed by atoms with Crippen LogP contribution in [0.25, 0.3) is 0 Å². The van der Waals surface area contributed by atoms with Gasteiger partial charge in [-0.25, -0.2) is 0 Å². The summed E-state index contributed by atoms with van der Waals surface area (Å²) < 4.78 is 4.95. The van der Waals surface area contributed by atoms with Crippen molar-refractivity contribution in [1.29, 1.82) is 0 Å². The van der Waals surface area contributed by atoms with Crippen molar-refractivity contribution in [3.63, 3.8) is 0 Å². The van der Waals surface area contributed by atoms with Crippen molar-refractivity contribution in [3.05, 3.63) is 0 Å². The monoisotopic (exact) mass is 264 g/mol. The van der Waals surface area contributed by atoms with Gasteiger partial charge in [0.1, 0.15) is 0 Å². The van der Waals surface area contributed by atoms with Gasteiger partial charge in [-0.1, -0.05) is 13.8 Å². The molecule has 1 aliphatic rings. The molecular formula is C12H25ClN2O2. The van der Waals surface area contributed by atoms with E-state index in [1.807, 2.05) is 4.90 Å². The molecule has 1 atom stereocenters. The smallest absolute Gasteiger partial charge is 0.222 e. The van der Waals surface area contributed by atoms with E-state index in [0.29, 0.717) is 13.0 Å². The Morgan fingerprint density at radius 3 is 2.71 bits per heavy atom. The molecule has 1 heterocycles. The Hall–Kier alpha value is -0.320. The number of piperidine rings is 1. The minimum absolute atomic E-state index is 0. The number of nitrogens with two attached hydrogens (primary N) is 1. The third kappa shape index (κ3) is 4.82. The fraction of sp³-hybridized carbons (Fsp3) is 0.917. The third-order valence-corrected chi connectivity index (χ3v) is 3.40. The van der Waals surface area contributed by atoms with Crippen LogP contribution in [-0.4, -0.2) is 43.7 Å². The number of carbonyl (C=O) groups is 1. The molecule has 102 valence electrons. The quantitative estimate of drug-likeness (QED) is 0.782. The normalized spacial score (nSPS) is 23.1. The molecule has 1 unspecified atom stereocenters. The largest absolute Gasteiger partial charge is 0.385 e. The van der Waals surface area contributed by atoms with E-state index >= 15 is 0 Å². The SMILES string of the molecule is COCCCC(=O)N1CCC(N)C(C)(C)C1.Cl. The number of ether oxygens (including phenoxy) is 1. The minimum Gasteiger partial charge on any atom is -0.385 e. The van der Waals surface area contributed by atoms with Crippen molar-refractivity contribution in [1.82, 2.24) is 4.90 Å². The first-order chi connectivity index (χ1) is 7.47. The number of hydrogen-bond acceptors (Lipinski definition) is 3. The molecule has 1 amide bonds. The summed E-state index contributed by atoms with van der Waals surface area (Å²) in [7, 11) is 1.66. The van der Waals surface area contributed by atoms with E-state index in [-0.39, 0.29) is 29.8 Å². The second-order valence-electron chi connectivity index (χ2n) is 5.30. The van der Waals surface area contributed by atoms with Gasteiger partial charge in [-0.15, -0.1) is 12.4 Å². The van der Waals surface area contributed by atoms with E-state index in [1.54, 1.807) is 7.11 Å². The first-order valence-electron chi connectivity index (χ1n) is 5.99. The van der Waals surface area contributed by atoms with Crippen LogP contribution in [0.5, 0.6) is 0 Å². The van der Waals surface area contributed by atoms with E-state index in [9.17, 15) is 4.79 Å². The number of rotatable bonds is 4. The molecule has 0 bridgehead atoms. The van der Waals surface area contributed by atoms with Gasteiger partial charge in [0.25, 0.3) is 0 Å². The van der Waals surface area contributed by atoms with Gasteiger partial charge >= 0.3 is 0 Å². The lowest BCUT2D eigenvalue weighted by Gasteiger charge is -2.42. The van der Waals surface area contributed by atoms with Crippen LogP contribution in [-0.2, 0) is 9.53 Å². The molecule has 1 saturated heterocycles. The molecule has 1 fully saturated rings. The van der Waals surface area contributed by atoms with Gasteiger partial charge in [-0.3, -0.25) is 4.79 Å². The lowest BCUT2D eigenvalue weighted by molar-refractivity contribution is -0.134. The summed E-state index contributed by atoms with van der Waals surface area (Å²) in [5.74, 6) is 0.233. The maximum absolute atomic E-state index is 11.9. The van der Waals surface area contributed by atoms with Crippen LogP contribution in [0.2, 0.25) is 0 Å². The predicted molar refractivity (Wildman–Crippen MR) is 71.3 cm³/mol. The molecule has 0 saturated carbocycles. The number of halogens is 1. The van der Waals surface area contributed by atoms with E-state index < -0.39 is 0 Å². The molecule has 1 aliphatic heterocycles. The highest BCUT2D eigenvalue weighted by Crippen LogP contribution is 2.27. The van der Waals surface area contributed by atoms with Gasteiger partial charge in [0.05, 0.1) is 0 Å². The Bertz CT molecular complexity index is 247. The number of methoxy groups -OCH3 is 1. The molecule has 0 aliphatic carbocycles. The van der Waals surface area contributed by atoms with E-state index in [1.165, 1.54) is 0 Å². The van der Waals surface area contributed by atoms with Crippen LogP contribution in [0, 0.1) is 5.41 Å². The summed E-state index contributed by atoms with van der Waals surface area (Å²) in [6, 6.07) is 0.204. The first-order valence-corrected chi connectivity index (χ1v) is 5.99. The Balaban J connectivity index is 0.00000256. The topological polar surface area (TPSA) is 55.6 Å². The number of carbonyl (C=O) groups excluding carboxylic acids is 1. The second kappa shape index (κ2) is 7.19. The zero-order valence-corrected chi connectivity index (χ0v) is 11.9. The Morgan fingerprint density at radius 1 is 1.53 bits per heavy atom. The van der Waals surface area contributed by atoms with Crippen LogP contribution in [0.1, 0.15) is 33.1 Å². The zero-order valence-electron chi connectivity index (χ0n) is 11.1. The van der Waals surface area contributed by atoms with Gasteiger partial charge in [-0.05, 0) is 18.3 Å². The van der Waals surface area contributed by atoms with E-state index in [2.05, 4.69) is 13.8 Å². The van der Waals surface area contributed by atoms with E-state index in [4.69, 9.17) is 10.5 Å². The maximum Gasteiger partial charge on any atom is 0.222 e. The van der Waals surface area contributed by atoms with Crippen LogP contribution < -0.4 is 5.73 Å². The van der Waals surface area contributed by atoms with Gasteiger partial charge in [0.15, 0.2) is 0 Å². The number of amides is 1. The molecule has 5 heteroatoms. The molecule has 0 aromatic heterocycles. The summed E-state index contributed by atoms with van der Waals surface area (Å²) >= 11 is 0. The molecule has 0 aromatic carbocycles. The first kappa shape index (κ1) is 16.7. The van der Waals surface area contributed by atoms with Gasteiger partial charge in [0.2, 0.25) is 5.91 Å². The standard InChI is InChI=1S/C12H24N2O2.ClH/c1-12(2)9-14(7-6-10(12)13)11(15)5-4-8-16-3;/h10H,4-9,13H2,1-3H3;1H. The van der Waals surface area contributed by atoms with Crippen LogP contribution in [0.3, 0.4) is 0 Å². The highest BCUT2D eigenvalue weighted by atomic mass is 35.5. The van der Waals surface area contributed by atoms with Gasteiger partial charge < -0.3 is 15.4 Å². The number of nitrogens with zero attached hydrogens (tertiary/aromatic N) is 1. The van der Waals surface area contributed by atoms with Crippen molar-refractivity contribution < 1.29 is 9.53 Å². The van der Waals surface area contributed by atoms with Crippen LogP contribution in [0.4, 0.5) is 0 Å². The van der Waals surface area contributed by atoms with Crippen LogP contribution >= 0.6 is 12.4 Å². The summed E-state index contributed by atoms with van der Waals surface area (Å²) in [4.78, 5) is 13.8. The van der Waals surface area contributed by atoms with E-state index in [0.717, 1.165) is 25.9 Å². The third-order valence-electron chi connectivity index (χ3n) is 3.40. The highest BCUT2D eigenvalue weighted by Gasteiger charge is 2.34. The maximum atomic E-state index is 11.9. The molecule has 4 nitrogen and oxygen atoms in total. The summed E-state index contributed by atoms with van der Waals surface area (Å²) in [6.45, 7) is 6.50. The number of hydrogen-bond donors (Lipinski definition) is 1. The second-order valence-corrected chi connectivity index (χ2v) is 5.30. The molecule has 0 aromatic rings. The number of likely N-dealkylation sites (tertiary alicyclic amines) is 1. The average molecular weight is 265 g/mol. The lowest BCUT2D eigenvalue weighted by atomic mass is 9.79. The molecule has 1 rings (SSSR count). The average Bonchev–Trinajstić information content (AvgIpc) is 2.22. The van der Waals surface area contributed by atoms with Gasteiger partial charge in [0, 0.05) is 39.3 Å². The van der Waals surface area contributed by atoms with Crippen molar-refractivity contribution in [3.8, 4) is 0 Å². The Morgan fingerprint density at radius 2 is 2.18 bits per heavy atom. The predicted octanol–water partition coefficient (Wildman–Crippen LogP) is 1.42. The summed E-state index contributed by atoms with van der Waals surface area (Å²) in [5, 5.41) is 0. The van der Waals surface area contributed by atoms with Crippen LogP contribution in [0.15, 0.2) is 0 Å². The molecule has 0 radical (unpaired) electrons.